The van der Waals surface area contributed by atoms with Gasteiger partial charge in [-0.3, -0.25) is 9.69 Å². The van der Waals surface area contributed by atoms with E-state index in [2.05, 4.69) is 4.98 Å². The Hall–Kier alpha value is -5.16. The van der Waals surface area contributed by atoms with Gasteiger partial charge in [0.05, 0.1) is 29.1 Å². The quantitative estimate of drug-likeness (QED) is 0.108. The number of carbonyl (C=O) groups excluding carboxylic acids is 2. The molecule has 0 spiro atoms. The smallest absolute Gasteiger partial charge is 0.340 e. The van der Waals surface area contributed by atoms with E-state index in [-0.39, 0.29) is 23.9 Å². The number of aliphatic carboxylic acids is 1. The highest BCUT2D eigenvalue weighted by molar-refractivity contribution is 6.22. The van der Waals surface area contributed by atoms with E-state index >= 15 is 0 Å². The number of benzene rings is 3. The second kappa shape index (κ2) is 15.0. The molecular formula is C36H39N5O10. The number of fused-ring (bicyclic) bond motifs is 1. The maximum atomic E-state index is 13.1. The van der Waals surface area contributed by atoms with Crippen LogP contribution < -0.4 is 4.90 Å². The fraction of sp³-hybridized carbons (Fsp3) is 0.333. The number of aliphatic hydroxyl groups excluding tert-OH is 3. The van der Waals surface area contributed by atoms with Crippen molar-refractivity contribution in [1.82, 2.24) is 14.8 Å². The van der Waals surface area contributed by atoms with E-state index in [4.69, 9.17) is 18.6 Å². The number of carboxylic acids is 1. The van der Waals surface area contributed by atoms with Gasteiger partial charge in [-0.1, -0.05) is 36.4 Å². The molecule has 0 unspecified atom stereocenters. The van der Waals surface area contributed by atoms with Gasteiger partial charge >= 0.3 is 11.9 Å². The lowest BCUT2D eigenvalue weighted by Gasteiger charge is -2.37. The van der Waals surface area contributed by atoms with Crippen LogP contribution in [0.4, 0.5) is 11.4 Å². The van der Waals surface area contributed by atoms with Gasteiger partial charge in [-0.05, 0) is 43.4 Å². The van der Waals surface area contributed by atoms with Gasteiger partial charge in [0, 0.05) is 59.5 Å². The Bertz CT molecular complexity index is 2030. The molecule has 2 fully saturated rings. The van der Waals surface area contributed by atoms with Crippen molar-refractivity contribution in [2.45, 2.75) is 30.7 Å². The summed E-state index contributed by atoms with van der Waals surface area (Å²) in [5.74, 6) is -3.08. The Morgan fingerprint density at radius 3 is 2.33 bits per heavy atom. The van der Waals surface area contributed by atoms with Crippen molar-refractivity contribution in [2.75, 3.05) is 51.6 Å². The molecule has 0 bridgehead atoms. The number of piperazine rings is 1. The average molecular weight is 705 g/mol. The number of nitrogens with one attached hydrogen (secondary N) is 1. The summed E-state index contributed by atoms with van der Waals surface area (Å²) in [6.07, 6.45) is -9.69. The summed E-state index contributed by atoms with van der Waals surface area (Å²) in [4.78, 5) is 50.2. The van der Waals surface area contributed by atoms with Crippen molar-refractivity contribution in [1.29, 1.82) is 0 Å². The van der Waals surface area contributed by atoms with Gasteiger partial charge in [0.1, 0.15) is 18.3 Å². The zero-order chi connectivity index (χ0) is 38.9. The minimum absolute atomic E-state index is 0.0658. The summed E-state index contributed by atoms with van der Waals surface area (Å²) in [5.41, 5.74) is 2.72. The number of aliphatic hydroxyl groups is 3. The van der Waals surface area contributed by atoms with Crippen molar-refractivity contribution in [2.24, 2.45) is 4.99 Å². The molecule has 268 valence electrons. The number of H-pyrrole nitrogens is 1. The highest BCUT2D eigenvalue weighted by atomic mass is 16.7. The SMILES string of the molecule is [2H]C([2H])([2H])N1CCN(CC(=O)N(C)c2ccc(N=C(c3ccccc3)c3c(O)[nH]c4cc(C(=O)O[C@@H]5O[C@H](C(=O)O)[C@@H](O)[C@H](O)[C@H]5O)ccc34)cc2)CC1. The average Bonchev–Trinajstić information content (AvgIpc) is 3.48. The first kappa shape index (κ1) is 31.8. The van der Waals surface area contributed by atoms with Crippen LogP contribution in [0, 0.1) is 0 Å². The molecule has 15 nitrogen and oxygen atoms in total. The highest BCUT2D eigenvalue weighted by Crippen LogP contribution is 2.33. The van der Waals surface area contributed by atoms with Crippen LogP contribution in [0.5, 0.6) is 5.88 Å². The third kappa shape index (κ3) is 7.63. The number of ether oxygens (including phenoxy) is 2. The Labute approximate surface area is 296 Å². The molecule has 6 N–H and O–H groups in total. The van der Waals surface area contributed by atoms with E-state index in [1.54, 1.807) is 37.4 Å². The normalized spacial score (nSPS) is 24.4. The molecule has 2 saturated heterocycles. The molecule has 0 aliphatic carbocycles. The Kier molecular flexibility index (Phi) is 9.34. The molecule has 0 saturated carbocycles. The molecule has 3 aromatic carbocycles. The van der Waals surface area contributed by atoms with Crippen LogP contribution in [0.2, 0.25) is 0 Å². The number of nitrogens with zero attached hydrogens (tertiary/aromatic N) is 4. The fourth-order valence-corrected chi connectivity index (χ4v) is 5.96. The molecule has 51 heavy (non-hydrogen) atoms. The summed E-state index contributed by atoms with van der Waals surface area (Å²) in [5, 5.41) is 51.2. The molecule has 0 radical (unpaired) electrons. The monoisotopic (exact) mass is 704 g/mol. The molecule has 15 heteroatoms. The van der Waals surface area contributed by atoms with Gasteiger partial charge in [-0.25, -0.2) is 14.6 Å². The highest BCUT2D eigenvalue weighted by Gasteiger charge is 2.48. The molecule has 2 aliphatic rings. The van der Waals surface area contributed by atoms with Crippen LogP contribution in [-0.2, 0) is 19.1 Å². The zero-order valence-corrected chi connectivity index (χ0v) is 27.4. The minimum Gasteiger partial charge on any atom is -0.494 e. The zero-order valence-electron chi connectivity index (χ0n) is 30.4. The molecule has 4 aromatic rings. The first-order valence-electron chi connectivity index (χ1n) is 17.6. The Morgan fingerprint density at radius 2 is 1.67 bits per heavy atom. The molecule has 1 aromatic heterocycles. The first-order valence-corrected chi connectivity index (χ1v) is 16.1. The van der Waals surface area contributed by atoms with E-state index in [1.165, 1.54) is 21.9 Å². The van der Waals surface area contributed by atoms with Crippen molar-refractivity contribution in [3.63, 3.8) is 0 Å². The number of amides is 1. The maximum Gasteiger partial charge on any atom is 0.340 e. The number of hydrogen-bond donors (Lipinski definition) is 6. The molecular weight excluding hydrogens is 662 g/mol. The second-order valence-corrected chi connectivity index (χ2v) is 12.3. The number of esters is 1. The standard InChI is InChI=1S/C36H39N5O10/c1-39-14-16-41(17-15-39)19-26(42)40(2)23-11-9-22(10-12-23)37-28(20-6-4-3-5-7-20)27-24-13-8-21(18-25(24)38-33(27)46)35(49)51-36-31(45)29(43)30(44)32(50-36)34(47)48/h3-13,18,29-32,36,38,43-46H,14-17,19H2,1-2H3,(H,47,48)/t29-,30-,31+,32-,36-/m0/s1/i1D3. The molecule has 3 heterocycles. The third-order valence-electron chi connectivity index (χ3n) is 8.92. The molecule has 1 amide bonds. The van der Waals surface area contributed by atoms with Crippen LogP contribution in [0.15, 0.2) is 77.8 Å². The predicted octanol–water partition coefficient (Wildman–Crippen LogP) is 1.30. The second-order valence-electron chi connectivity index (χ2n) is 12.3. The summed E-state index contributed by atoms with van der Waals surface area (Å²) in [6, 6.07) is 20.3. The van der Waals surface area contributed by atoms with E-state index in [9.17, 15) is 39.9 Å². The van der Waals surface area contributed by atoms with Gasteiger partial charge in [0.2, 0.25) is 12.2 Å². The number of carbonyl (C=O) groups is 3. The topological polar surface area (TPSA) is 209 Å². The van der Waals surface area contributed by atoms with Crippen molar-refractivity contribution in [3.8, 4) is 5.88 Å². The first-order chi connectivity index (χ1) is 25.6. The number of aromatic hydroxyl groups is 1. The summed E-state index contributed by atoms with van der Waals surface area (Å²) in [7, 11) is 1.66. The fourth-order valence-electron chi connectivity index (χ4n) is 5.96. The summed E-state index contributed by atoms with van der Waals surface area (Å²) >= 11 is 0. The van der Waals surface area contributed by atoms with Gasteiger partial charge in [0.25, 0.3) is 0 Å². The van der Waals surface area contributed by atoms with Crippen molar-refractivity contribution >= 4 is 45.8 Å². The number of likely N-dealkylation sites (N-methyl/N-ethyl adjacent to an activating group) is 2. The van der Waals surface area contributed by atoms with Crippen LogP contribution >= 0.6 is 0 Å². The van der Waals surface area contributed by atoms with E-state index < -0.39 is 49.6 Å². The Morgan fingerprint density at radius 1 is 0.961 bits per heavy atom. The van der Waals surface area contributed by atoms with E-state index in [0.717, 1.165) is 0 Å². The lowest BCUT2D eigenvalue weighted by molar-refractivity contribution is -0.278. The lowest BCUT2D eigenvalue weighted by Crippen LogP contribution is -2.60. The molecule has 6 rings (SSSR count). The molecule has 5 atom stereocenters. The third-order valence-corrected chi connectivity index (χ3v) is 8.92. The minimum atomic E-state index is -2.16. The number of anilines is 1. The summed E-state index contributed by atoms with van der Waals surface area (Å²) in [6.45, 7) is -0.399. The number of hydrogen-bond acceptors (Lipinski definition) is 12. The Balaban J connectivity index is 1.21. The van der Waals surface area contributed by atoms with Crippen molar-refractivity contribution in [3.05, 3.63) is 89.5 Å². The van der Waals surface area contributed by atoms with E-state index in [1.807, 2.05) is 35.2 Å². The van der Waals surface area contributed by atoms with Crippen LogP contribution in [-0.4, -0.2) is 141 Å². The van der Waals surface area contributed by atoms with Gasteiger partial charge in [-0.2, -0.15) is 0 Å². The van der Waals surface area contributed by atoms with Crippen molar-refractivity contribution < 1.29 is 53.5 Å². The van der Waals surface area contributed by atoms with Crippen LogP contribution in [0.25, 0.3) is 10.9 Å². The summed E-state index contributed by atoms with van der Waals surface area (Å²) < 4.78 is 33.0. The van der Waals surface area contributed by atoms with Gasteiger partial charge in [0.15, 0.2) is 12.0 Å². The molecule has 2 aliphatic heterocycles. The number of aromatic amines is 1. The lowest BCUT2D eigenvalue weighted by atomic mass is 9.99. The number of aliphatic imine (C=N–C) groups is 1. The maximum absolute atomic E-state index is 13.1. The number of rotatable bonds is 9. The van der Waals surface area contributed by atoms with Gasteiger partial charge in [-0.15, -0.1) is 0 Å². The predicted molar refractivity (Wildman–Crippen MR) is 185 cm³/mol. The number of aromatic nitrogens is 1. The van der Waals surface area contributed by atoms with Crippen LogP contribution in [0.3, 0.4) is 0 Å². The van der Waals surface area contributed by atoms with Crippen LogP contribution in [0.1, 0.15) is 25.6 Å². The van der Waals surface area contributed by atoms with E-state index in [0.29, 0.717) is 65.3 Å². The van der Waals surface area contributed by atoms with Gasteiger partial charge < -0.3 is 49.8 Å². The largest absolute Gasteiger partial charge is 0.494 e. The number of carboxylic acid groups (broad SMARTS) is 1.